The zero-order valence-electron chi connectivity index (χ0n) is 19.2. The number of benzene rings is 3. The minimum Gasteiger partial charge on any atom is -0.299 e. The van der Waals surface area contributed by atoms with Crippen molar-refractivity contribution >= 4 is 15.7 Å². The fourth-order valence-electron chi connectivity index (χ4n) is 4.45. The lowest BCUT2D eigenvalue weighted by atomic mass is 10.0. The molecule has 0 unspecified atom stereocenters. The molecular formula is C26H26F4N2O2S. The van der Waals surface area contributed by atoms with Gasteiger partial charge in [-0.25, -0.2) is 12.8 Å². The lowest BCUT2D eigenvalue weighted by Crippen LogP contribution is -2.47. The highest BCUT2D eigenvalue weighted by Gasteiger charge is 2.36. The van der Waals surface area contributed by atoms with Crippen LogP contribution in [-0.4, -0.2) is 32.4 Å². The van der Waals surface area contributed by atoms with Crippen molar-refractivity contribution in [2.24, 2.45) is 0 Å². The van der Waals surface area contributed by atoms with E-state index in [4.69, 9.17) is 0 Å². The number of hydrogen-bond acceptors (Lipinski definition) is 3. The van der Waals surface area contributed by atoms with Gasteiger partial charge in [-0.05, 0) is 67.8 Å². The smallest absolute Gasteiger partial charge is 0.299 e. The Kier molecular flexibility index (Phi) is 7.19. The van der Waals surface area contributed by atoms with E-state index in [1.54, 1.807) is 30.3 Å². The molecule has 35 heavy (non-hydrogen) atoms. The summed E-state index contributed by atoms with van der Waals surface area (Å²) in [6, 6.07) is 16.9. The summed E-state index contributed by atoms with van der Waals surface area (Å²) in [5.41, 5.74) is 0.815. The minimum atomic E-state index is -4.43. The summed E-state index contributed by atoms with van der Waals surface area (Å²) in [5, 5.41) is 0. The number of rotatable bonds is 6. The zero-order chi connectivity index (χ0) is 25.2. The summed E-state index contributed by atoms with van der Waals surface area (Å²) < 4.78 is 82.4. The lowest BCUT2D eigenvalue weighted by Gasteiger charge is -2.39. The van der Waals surface area contributed by atoms with Crippen molar-refractivity contribution in [1.29, 1.82) is 0 Å². The Bertz CT molecular complexity index is 1250. The summed E-state index contributed by atoms with van der Waals surface area (Å²) in [4.78, 5) is 2.04. The second-order valence-electron chi connectivity index (χ2n) is 8.75. The molecule has 1 saturated heterocycles. The maximum Gasteiger partial charge on any atom is 0.416 e. The van der Waals surface area contributed by atoms with Gasteiger partial charge in [0, 0.05) is 25.7 Å². The van der Waals surface area contributed by atoms with Crippen LogP contribution in [0.5, 0.6) is 0 Å². The van der Waals surface area contributed by atoms with Crippen molar-refractivity contribution in [3.63, 3.8) is 0 Å². The summed E-state index contributed by atoms with van der Waals surface area (Å²) in [5.74, 6) is -0.473. The van der Waals surface area contributed by atoms with Crippen molar-refractivity contribution in [2.75, 3.05) is 17.4 Å². The first-order chi connectivity index (χ1) is 16.6. The van der Waals surface area contributed by atoms with E-state index >= 15 is 0 Å². The number of nitrogens with zero attached hydrogens (tertiary/aromatic N) is 2. The highest BCUT2D eigenvalue weighted by Crippen LogP contribution is 2.34. The van der Waals surface area contributed by atoms with Gasteiger partial charge in [-0.3, -0.25) is 9.21 Å². The molecule has 1 fully saturated rings. The molecule has 4 nitrogen and oxygen atoms in total. The van der Waals surface area contributed by atoms with Crippen LogP contribution in [0.4, 0.5) is 23.2 Å². The van der Waals surface area contributed by atoms with E-state index in [0.29, 0.717) is 31.6 Å². The van der Waals surface area contributed by atoms with Crippen LogP contribution >= 0.6 is 0 Å². The van der Waals surface area contributed by atoms with Crippen molar-refractivity contribution in [1.82, 2.24) is 4.90 Å². The zero-order valence-corrected chi connectivity index (χ0v) is 20.0. The van der Waals surface area contributed by atoms with Gasteiger partial charge < -0.3 is 0 Å². The Hall–Kier alpha value is -2.91. The average molecular weight is 507 g/mol. The molecule has 186 valence electrons. The molecule has 1 aliphatic heterocycles. The first-order valence-corrected chi connectivity index (χ1v) is 12.7. The maximum absolute atomic E-state index is 13.6. The van der Waals surface area contributed by atoms with Gasteiger partial charge in [-0.2, -0.15) is 13.2 Å². The SMILES string of the molecule is Cc1ccc(S(=O)(=O)N(c2ccc(F)cc2)C2CCN(Cc3ccccc3C(F)(F)F)CC2)cc1. The van der Waals surface area contributed by atoms with Gasteiger partial charge in [-0.1, -0.05) is 35.9 Å². The molecule has 0 saturated carbocycles. The van der Waals surface area contributed by atoms with Crippen LogP contribution in [0.3, 0.4) is 0 Å². The van der Waals surface area contributed by atoms with Gasteiger partial charge >= 0.3 is 6.18 Å². The van der Waals surface area contributed by atoms with Gasteiger partial charge in [0.05, 0.1) is 16.1 Å². The van der Waals surface area contributed by atoms with Crippen LogP contribution in [0.1, 0.15) is 29.5 Å². The van der Waals surface area contributed by atoms with E-state index in [9.17, 15) is 26.0 Å². The molecule has 9 heteroatoms. The van der Waals surface area contributed by atoms with E-state index in [-0.39, 0.29) is 17.0 Å². The predicted molar refractivity (Wildman–Crippen MR) is 127 cm³/mol. The third-order valence-corrected chi connectivity index (χ3v) is 8.16. The maximum atomic E-state index is 13.6. The molecule has 0 radical (unpaired) electrons. The molecule has 0 N–H and O–H groups in total. The fraction of sp³-hybridized carbons (Fsp3) is 0.308. The molecule has 4 rings (SSSR count). The number of sulfonamides is 1. The minimum absolute atomic E-state index is 0.129. The number of piperidine rings is 1. The number of likely N-dealkylation sites (tertiary alicyclic amines) is 1. The number of anilines is 1. The number of halogens is 4. The molecule has 0 atom stereocenters. The molecule has 3 aromatic rings. The quantitative estimate of drug-likeness (QED) is 0.385. The summed E-state index contributed by atoms with van der Waals surface area (Å²) >= 11 is 0. The standard InChI is InChI=1S/C26H26F4N2O2S/c1-19-6-12-24(13-7-19)35(33,34)32(22-10-8-21(27)9-11-22)23-14-16-31(17-15-23)18-20-4-2-3-5-25(20)26(28,29)30/h2-13,23H,14-18H2,1H3. The first-order valence-electron chi connectivity index (χ1n) is 11.3. The van der Waals surface area contributed by atoms with Crippen LogP contribution in [0.2, 0.25) is 0 Å². The van der Waals surface area contributed by atoms with Crippen molar-refractivity contribution in [2.45, 2.75) is 43.4 Å². The van der Waals surface area contributed by atoms with E-state index < -0.39 is 33.6 Å². The second-order valence-corrected chi connectivity index (χ2v) is 10.6. The molecule has 1 aliphatic rings. The number of hydrogen-bond donors (Lipinski definition) is 0. The van der Waals surface area contributed by atoms with Gasteiger partial charge in [0.15, 0.2) is 0 Å². The van der Waals surface area contributed by atoms with E-state index in [0.717, 1.165) is 11.6 Å². The monoisotopic (exact) mass is 506 g/mol. The van der Waals surface area contributed by atoms with Crippen LogP contribution in [0.15, 0.2) is 77.7 Å². The second kappa shape index (κ2) is 9.99. The summed E-state index contributed by atoms with van der Waals surface area (Å²) in [6.07, 6.45) is -3.58. The van der Waals surface area contributed by atoms with Crippen LogP contribution in [0.25, 0.3) is 0 Å². The molecular weight excluding hydrogens is 480 g/mol. The van der Waals surface area contributed by atoms with Gasteiger partial charge in [0.25, 0.3) is 10.0 Å². The molecule has 1 heterocycles. The highest BCUT2D eigenvalue weighted by atomic mass is 32.2. The fourth-order valence-corrected chi connectivity index (χ4v) is 6.15. The Morgan fingerprint density at radius 2 is 1.51 bits per heavy atom. The van der Waals surface area contributed by atoms with E-state index in [1.165, 1.54) is 40.7 Å². The average Bonchev–Trinajstić information content (AvgIpc) is 2.81. The Morgan fingerprint density at radius 1 is 0.914 bits per heavy atom. The van der Waals surface area contributed by atoms with Crippen molar-refractivity contribution < 1.29 is 26.0 Å². The third-order valence-electron chi connectivity index (χ3n) is 6.26. The third kappa shape index (κ3) is 5.67. The van der Waals surface area contributed by atoms with Crippen LogP contribution < -0.4 is 4.31 Å². The van der Waals surface area contributed by atoms with E-state index in [2.05, 4.69) is 0 Å². The predicted octanol–water partition coefficient (Wildman–Crippen LogP) is 6.01. The van der Waals surface area contributed by atoms with Crippen LogP contribution in [0, 0.1) is 12.7 Å². The molecule has 0 aromatic heterocycles. The lowest BCUT2D eigenvalue weighted by molar-refractivity contribution is -0.138. The summed E-state index contributed by atoms with van der Waals surface area (Å²) in [7, 11) is -3.94. The number of aryl methyl sites for hydroxylation is 1. The Balaban J connectivity index is 1.57. The molecule has 3 aromatic carbocycles. The topological polar surface area (TPSA) is 40.6 Å². The Morgan fingerprint density at radius 3 is 2.11 bits per heavy atom. The highest BCUT2D eigenvalue weighted by molar-refractivity contribution is 7.92. The van der Waals surface area contributed by atoms with Crippen molar-refractivity contribution in [3.05, 3.63) is 95.3 Å². The largest absolute Gasteiger partial charge is 0.416 e. The first kappa shape index (κ1) is 25.2. The van der Waals surface area contributed by atoms with Gasteiger partial charge in [0.2, 0.25) is 0 Å². The van der Waals surface area contributed by atoms with Crippen LogP contribution in [-0.2, 0) is 22.7 Å². The molecule has 0 aliphatic carbocycles. The van der Waals surface area contributed by atoms with E-state index in [1.807, 2.05) is 11.8 Å². The molecule has 0 amide bonds. The number of alkyl halides is 3. The van der Waals surface area contributed by atoms with Gasteiger partial charge in [-0.15, -0.1) is 0 Å². The van der Waals surface area contributed by atoms with Crippen molar-refractivity contribution in [3.8, 4) is 0 Å². The molecule has 0 bridgehead atoms. The van der Waals surface area contributed by atoms with Gasteiger partial charge in [0.1, 0.15) is 5.82 Å². The Labute approximate surface area is 202 Å². The normalized spacial score (nSPS) is 15.8. The summed E-state index contributed by atoms with van der Waals surface area (Å²) in [6.45, 7) is 2.85. The molecule has 0 spiro atoms.